The van der Waals surface area contributed by atoms with Gasteiger partial charge in [-0.25, -0.2) is 4.98 Å². The summed E-state index contributed by atoms with van der Waals surface area (Å²) >= 11 is 0. The van der Waals surface area contributed by atoms with Crippen LogP contribution in [0.25, 0.3) is 0 Å². The molecule has 4 rings (SSSR count). The first-order valence-electron chi connectivity index (χ1n) is 8.62. The Kier molecular flexibility index (Phi) is 3.92. The van der Waals surface area contributed by atoms with Gasteiger partial charge in [-0.1, -0.05) is 0 Å². The summed E-state index contributed by atoms with van der Waals surface area (Å²) in [6.07, 6.45) is 5.45. The Morgan fingerprint density at radius 3 is 2.83 bits per heavy atom. The fourth-order valence-electron chi connectivity index (χ4n) is 4.01. The van der Waals surface area contributed by atoms with Crippen molar-refractivity contribution in [1.29, 1.82) is 0 Å². The van der Waals surface area contributed by atoms with Gasteiger partial charge in [-0.15, -0.1) is 0 Å². The number of hydrogen-bond donors (Lipinski definition) is 0. The third kappa shape index (κ3) is 2.86. The number of likely N-dealkylation sites (tertiary alicyclic amines) is 1. The molecule has 6 nitrogen and oxygen atoms in total. The van der Waals surface area contributed by atoms with E-state index in [1.165, 1.54) is 0 Å². The molecule has 6 heteroatoms. The van der Waals surface area contributed by atoms with Crippen LogP contribution < -0.4 is 0 Å². The minimum absolute atomic E-state index is 0.0369. The lowest BCUT2D eigenvalue weighted by Crippen LogP contribution is -2.33. The van der Waals surface area contributed by atoms with Crippen LogP contribution in [-0.2, 0) is 6.54 Å². The van der Waals surface area contributed by atoms with Gasteiger partial charge in [-0.2, -0.15) is 0 Å². The lowest BCUT2D eigenvalue weighted by atomic mass is 10.2. The predicted molar refractivity (Wildman–Crippen MR) is 89.5 cm³/mol. The van der Waals surface area contributed by atoms with Crippen molar-refractivity contribution < 1.29 is 9.21 Å². The molecule has 2 aliphatic rings. The van der Waals surface area contributed by atoms with Crippen molar-refractivity contribution in [2.45, 2.75) is 13.5 Å². The van der Waals surface area contributed by atoms with Gasteiger partial charge in [-0.3, -0.25) is 4.79 Å². The maximum Gasteiger partial charge on any atom is 0.289 e. The Morgan fingerprint density at radius 2 is 2.21 bits per heavy atom. The maximum absolute atomic E-state index is 12.3. The summed E-state index contributed by atoms with van der Waals surface area (Å²) in [5.74, 6) is 3.64. The van der Waals surface area contributed by atoms with E-state index in [4.69, 9.17) is 4.42 Å². The number of piperidine rings is 1. The second-order valence-electron chi connectivity index (χ2n) is 7.11. The van der Waals surface area contributed by atoms with Crippen molar-refractivity contribution in [2.75, 3.05) is 33.2 Å². The van der Waals surface area contributed by atoms with Crippen LogP contribution in [0, 0.1) is 24.7 Å². The molecule has 2 aromatic heterocycles. The van der Waals surface area contributed by atoms with Gasteiger partial charge in [0.1, 0.15) is 5.82 Å². The second-order valence-corrected chi connectivity index (χ2v) is 7.11. The molecular weight excluding hydrogens is 304 g/mol. The summed E-state index contributed by atoms with van der Waals surface area (Å²) in [7, 11) is 2.19. The summed E-state index contributed by atoms with van der Waals surface area (Å²) in [5.41, 5.74) is 0. The van der Waals surface area contributed by atoms with E-state index < -0.39 is 0 Å². The maximum atomic E-state index is 12.3. The van der Waals surface area contributed by atoms with Crippen LogP contribution in [0.1, 0.15) is 16.4 Å². The molecule has 1 saturated carbocycles. The molecule has 3 heterocycles. The Labute approximate surface area is 142 Å². The molecule has 1 aliphatic carbocycles. The Balaban J connectivity index is 1.22. The predicted octanol–water partition coefficient (Wildman–Crippen LogP) is 1.73. The molecule has 2 fully saturated rings. The molecule has 1 amide bonds. The zero-order valence-electron chi connectivity index (χ0n) is 14.3. The molecule has 0 aromatic carbocycles. The monoisotopic (exact) mass is 328 g/mol. The molecule has 0 bridgehead atoms. The van der Waals surface area contributed by atoms with Crippen molar-refractivity contribution in [1.82, 2.24) is 19.4 Å². The first-order valence-corrected chi connectivity index (χ1v) is 8.62. The molecule has 0 spiro atoms. The van der Waals surface area contributed by atoms with E-state index in [9.17, 15) is 4.79 Å². The van der Waals surface area contributed by atoms with Gasteiger partial charge in [0.15, 0.2) is 5.76 Å². The highest BCUT2D eigenvalue weighted by Gasteiger charge is 2.56. The average molecular weight is 328 g/mol. The first kappa shape index (κ1) is 15.4. The van der Waals surface area contributed by atoms with Crippen molar-refractivity contribution >= 4 is 5.91 Å². The highest BCUT2D eigenvalue weighted by molar-refractivity contribution is 5.91. The van der Waals surface area contributed by atoms with E-state index in [-0.39, 0.29) is 5.91 Å². The average Bonchev–Trinajstić information content (AvgIpc) is 3.11. The number of furan rings is 1. The number of rotatable bonds is 6. The smallest absolute Gasteiger partial charge is 0.289 e. The minimum atomic E-state index is 0.0369. The standard InChI is InChI=1S/C18H24N4O2/c1-13-19-5-6-21(13)8-7-20(2)10-14-15-11-22(12-16(14)15)18(23)17-4-3-9-24-17/h3-6,9,14-16H,7-8,10-12H2,1-2H3/t14?,15-,16+. The number of carbonyl (C=O) groups is 1. The molecular formula is C18H24N4O2. The van der Waals surface area contributed by atoms with Gasteiger partial charge in [0.2, 0.25) is 0 Å². The zero-order valence-corrected chi connectivity index (χ0v) is 14.3. The normalized spacial score (nSPS) is 25.3. The number of carbonyl (C=O) groups excluding carboxylic acids is 1. The number of aromatic nitrogens is 2. The number of likely N-dealkylation sites (N-methyl/N-ethyl adjacent to an activating group) is 1. The van der Waals surface area contributed by atoms with Crippen LogP contribution in [0.5, 0.6) is 0 Å². The van der Waals surface area contributed by atoms with Gasteiger partial charge in [0, 0.05) is 45.1 Å². The van der Waals surface area contributed by atoms with E-state index in [2.05, 4.69) is 21.5 Å². The van der Waals surface area contributed by atoms with E-state index in [0.717, 1.165) is 44.5 Å². The first-order chi connectivity index (χ1) is 11.6. The van der Waals surface area contributed by atoms with E-state index >= 15 is 0 Å². The van der Waals surface area contributed by atoms with E-state index in [1.807, 2.05) is 24.2 Å². The molecule has 24 heavy (non-hydrogen) atoms. The minimum Gasteiger partial charge on any atom is -0.459 e. The number of nitrogens with zero attached hydrogens (tertiary/aromatic N) is 4. The number of imidazole rings is 1. The van der Waals surface area contributed by atoms with E-state index in [1.54, 1.807) is 18.4 Å². The summed E-state index contributed by atoms with van der Waals surface area (Å²) in [4.78, 5) is 20.9. The van der Waals surface area contributed by atoms with Crippen LogP contribution in [0.2, 0.25) is 0 Å². The van der Waals surface area contributed by atoms with Crippen molar-refractivity contribution in [3.8, 4) is 0 Å². The molecule has 128 valence electrons. The van der Waals surface area contributed by atoms with Crippen molar-refractivity contribution in [3.63, 3.8) is 0 Å². The Bertz CT molecular complexity index is 696. The SMILES string of the molecule is Cc1nccn1CCN(C)CC1[C@H]2CN(C(=O)c3ccco3)C[C@@H]12. The van der Waals surface area contributed by atoms with Gasteiger partial charge >= 0.3 is 0 Å². The highest BCUT2D eigenvalue weighted by Crippen LogP contribution is 2.52. The number of hydrogen-bond acceptors (Lipinski definition) is 4. The third-order valence-corrected chi connectivity index (χ3v) is 5.56. The Morgan fingerprint density at radius 1 is 1.42 bits per heavy atom. The van der Waals surface area contributed by atoms with Gasteiger partial charge < -0.3 is 18.8 Å². The van der Waals surface area contributed by atoms with E-state index in [0.29, 0.717) is 17.6 Å². The number of amides is 1. The van der Waals surface area contributed by atoms with Gasteiger partial charge in [-0.05, 0) is 43.9 Å². The van der Waals surface area contributed by atoms with Crippen molar-refractivity contribution in [2.24, 2.45) is 17.8 Å². The van der Waals surface area contributed by atoms with Gasteiger partial charge in [0.05, 0.1) is 6.26 Å². The zero-order chi connectivity index (χ0) is 16.7. The molecule has 1 aliphatic heterocycles. The summed E-state index contributed by atoms with van der Waals surface area (Å²) < 4.78 is 7.41. The summed E-state index contributed by atoms with van der Waals surface area (Å²) in [6.45, 7) is 6.92. The lowest BCUT2D eigenvalue weighted by molar-refractivity contribution is 0.0732. The number of aryl methyl sites for hydroxylation is 1. The molecule has 1 unspecified atom stereocenters. The molecule has 0 N–H and O–H groups in total. The third-order valence-electron chi connectivity index (χ3n) is 5.56. The molecule has 1 saturated heterocycles. The fourth-order valence-corrected chi connectivity index (χ4v) is 4.01. The topological polar surface area (TPSA) is 54.5 Å². The molecule has 0 radical (unpaired) electrons. The van der Waals surface area contributed by atoms with Crippen LogP contribution in [0.4, 0.5) is 0 Å². The largest absolute Gasteiger partial charge is 0.459 e. The van der Waals surface area contributed by atoms with Gasteiger partial charge in [0.25, 0.3) is 5.91 Å². The highest BCUT2D eigenvalue weighted by atomic mass is 16.3. The number of fused-ring (bicyclic) bond motifs is 1. The van der Waals surface area contributed by atoms with Crippen LogP contribution in [0.15, 0.2) is 35.2 Å². The molecule has 2 aromatic rings. The summed E-state index contributed by atoms with van der Waals surface area (Å²) in [5, 5.41) is 0. The Hall–Kier alpha value is -2.08. The quantitative estimate of drug-likeness (QED) is 0.810. The van der Waals surface area contributed by atoms with Crippen LogP contribution in [-0.4, -0.2) is 58.5 Å². The fraction of sp³-hybridized carbons (Fsp3) is 0.556. The molecule has 3 atom stereocenters. The van der Waals surface area contributed by atoms with Crippen molar-refractivity contribution in [3.05, 3.63) is 42.4 Å². The lowest BCUT2D eigenvalue weighted by Gasteiger charge is -2.22. The second kappa shape index (κ2) is 6.09. The van der Waals surface area contributed by atoms with Crippen LogP contribution >= 0.6 is 0 Å². The van der Waals surface area contributed by atoms with Crippen LogP contribution in [0.3, 0.4) is 0 Å². The summed E-state index contributed by atoms with van der Waals surface area (Å²) in [6, 6.07) is 3.51.